The molecule has 1 N–H and O–H groups in total. The Balaban J connectivity index is 2.14. The van der Waals surface area contributed by atoms with Crippen LogP contribution in [-0.2, 0) is 4.74 Å². The predicted octanol–water partition coefficient (Wildman–Crippen LogP) is 2.95. The van der Waals surface area contributed by atoms with Crippen LogP contribution < -0.4 is 10.1 Å². The van der Waals surface area contributed by atoms with Crippen LogP contribution in [0.2, 0.25) is 0 Å². The van der Waals surface area contributed by atoms with Gasteiger partial charge in [-0.05, 0) is 43.4 Å². The summed E-state index contributed by atoms with van der Waals surface area (Å²) in [5.74, 6) is 1.52. The van der Waals surface area contributed by atoms with E-state index in [9.17, 15) is 0 Å². The number of methoxy groups -OCH3 is 1. The van der Waals surface area contributed by atoms with Crippen molar-refractivity contribution < 1.29 is 9.47 Å². The smallest absolute Gasteiger partial charge is 0.137 e. The maximum absolute atomic E-state index is 5.73. The lowest BCUT2D eigenvalue weighted by molar-refractivity contribution is 0.0510. The van der Waals surface area contributed by atoms with Crippen LogP contribution in [-0.4, -0.2) is 31.3 Å². The van der Waals surface area contributed by atoms with E-state index >= 15 is 0 Å². The van der Waals surface area contributed by atoms with Gasteiger partial charge in [-0.25, -0.2) is 0 Å². The van der Waals surface area contributed by atoms with Gasteiger partial charge in [0.15, 0.2) is 0 Å². The Bertz CT molecular complexity index is 407. The number of likely N-dealkylation sites (N-methyl/N-ethyl adjacent to an activating group) is 1. The molecule has 2 atom stereocenters. The highest BCUT2D eigenvalue weighted by atomic mass is 16.5. The molecule has 1 heterocycles. The number of hydrogen-bond donors (Lipinski definition) is 1. The summed E-state index contributed by atoms with van der Waals surface area (Å²) >= 11 is 0. The molecule has 0 saturated heterocycles. The third kappa shape index (κ3) is 3.93. The minimum absolute atomic E-state index is 0.190. The van der Waals surface area contributed by atoms with Crippen LogP contribution in [0.15, 0.2) is 18.5 Å². The summed E-state index contributed by atoms with van der Waals surface area (Å²) in [4.78, 5) is 4.32. The zero-order chi connectivity index (χ0) is 14.4. The van der Waals surface area contributed by atoms with E-state index in [2.05, 4.69) is 30.2 Å². The quantitative estimate of drug-likeness (QED) is 0.754. The van der Waals surface area contributed by atoms with Gasteiger partial charge in [0.1, 0.15) is 5.75 Å². The number of nitrogens with one attached hydrogen (secondary N) is 1. The van der Waals surface area contributed by atoms with Crippen LogP contribution in [0, 0.1) is 5.92 Å². The van der Waals surface area contributed by atoms with Crippen LogP contribution in [0.1, 0.15) is 44.7 Å². The molecule has 0 aliphatic heterocycles. The van der Waals surface area contributed by atoms with Gasteiger partial charge in [-0.15, -0.1) is 0 Å². The number of pyridine rings is 1. The maximum Gasteiger partial charge on any atom is 0.137 e. The first-order valence-electron chi connectivity index (χ1n) is 7.64. The standard InChI is InChI=1S/C16H26N2O2/c1-4-8-20-14-9-13(10-17-11-14)15(18-5-2)16(19-3)12-6-7-12/h9-12,15-16,18H,4-8H2,1-3H3. The molecule has 1 saturated carbocycles. The second kappa shape index (κ2) is 7.60. The first-order valence-corrected chi connectivity index (χ1v) is 7.64. The van der Waals surface area contributed by atoms with E-state index in [4.69, 9.17) is 9.47 Å². The van der Waals surface area contributed by atoms with Crippen LogP contribution in [0.5, 0.6) is 5.75 Å². The van der Waals surface area contributed by atoms with Gasteiger partial charge in [0.2, 0.25) is 0 Å². The molecule has 0 bridgehead atoms. The summed E-state index contributed by atoms with van der Waals surface area (Å²) in [5.41, 5.74) is 1.15. The van der Waals surface area contributed by atoms with E-state index in [0.29, 0.717) is 5.92 Å². The highest BCUT2D eigenvalue weighted by Gasteiger charge is 2.37. The normalized spacial score (nSPS) is 17.8. The summed E-state index contributed by atoms with van der Waals surface area (Å²) in [6, 6.07) is 2.28. The van der Waals surface area contributed by atoms with Gasteiger partial charge in [0, 0.05) is 13.3 Å². The van der Waals surface area contributed by atoms with Gasteiger partial charge in [0.25, 0.3) is 0 Å². The number of hydrogen-bond acceptors (Lipinski definition) is 4. The summed E-state index contributed by atoms with van der Waals surface area (Å²) < 4.78 is 11.4. The lowest BCUT2D eigenvalue weighted by Gasteiger charge is -2.27. The molecule has 2 unspecified atom stereocenters. The van der Waals surface area contributed by atoms with Gasteiger partial charge in [-0.3, -0.25) is 4.98 Å². The summed E-state index contributed by atoms with van der Waals surface area (Å²) in [6.07, 6.45) is 7.45. The fraction of sp³-hybridized carbons (Fsp3) is 0.688. The topological polar surface area (TPSA) is 43.4 Å². The second-order valence-corrected chi connectivity index (χ2v) is 5.38. The van der Waals surface area contributed by atoms with Crippen molar-refractivity contribution in [1.82, 2.24) is 10.3 Å². The van der Waals surface area contributed by atoms with Crippen molar-refractivity contribution in [2.24, 2.45) is 5.92 Å². The van der Waals surface area contributed by atoms with Crippen molar-refractivity contribution in [1.29, 1.82) is 0 Å². The molecular weight excluding hydrogens is 252 g/mol. The van der Waals surface area contributed by atoms with E-state index in [-0.39, 0.29) is 12.1 Å². The Morgan fingerprint density at radius 2 is 2.15 bits per heavy atom. The molecular formula is C16H26N2O2. The largest absolute Gasteiger partial charge is 0.492 e. The molecule has 0 amide bonds. The zero-order valence-corrected chi connectivity index (χ0v) is 12.8. The van der Waals surface area contributed by atoms with Crippen molar-refractivity contribution in [3.05, 3.63) is 24.0 Å². The minimum Gasteiger partial charge on any atom is -0.492 e. The van der Waals surface area contributed by atoms with Gasteiger partial charge in [-0.1, -0.05) is 13.8 Å². The highest BCUT2D eigenvalue weighted by Crippen LogP contribution is 2.40. The molecule has 0 spiro atoms. The SMILES string of the molecule is CCCOc1cncc(C(NCC)C(OC)C2CC2)c1. The van der Waals surface area contributed by atoms with E-state index < -0.39 is 0 Å². The lowest BCUT2D eigenvalue weighted by Crippen LogP contribution is -2.34. The number of nitrogens with zero attached hydrogens (tertiary/aromatic N) is 1. The minimum atomic E-state index is 0.190. The third-order valence-electron chi connectivity index (χ3n) is 3.68. The third-order valence-corrected chi connectivity index (χ3v) is 3.68. The molecule has 0 radical (unpaired) electrons. The summed E-state index contributed by atoms with van der Waals surface area (Å²) in [5, 5.41) is 3.53. The predicted molar refractivity (Wildman–Crippen MR) is 80.0 cm³/mol. The molecule has 4 nitrogen and oxygen atoms in total. The van der Waals surface area contributed by atoms with Crippen molar-refractivity contribution in [2.75, 3.05) is 20.3 Å². The Morgan fingerprint density at radius 3 is 2.75 bits per heavy atom. The monoisotopic (exact) mass is 278 g/mol. The molecule has 0 aromatic carbocycles. The average Bonchev–Trinajstić information content (AvgIpc) is 3.30. The Kier molecular flexibility index (Phi) is 5.80. The van der Waals surface area contributed by atoms with Gasteiger partial charge in [-0.2, -0.15) is 0 Å². The van der Waals surface area contributed by atoms with Crippen molar-refractivity contribution in [3.8, 4) is 5.75 Å². The Labute approximate surface area is 121 Å². The van der Waals surface area contributed by atoms with E-state index in [1.807, 2.05) is 6.20 Å². The summed E-state index contributed by atoms with van der Waals surface area (Å²) in [6.45, 7) is 5.87. The van der Waals surface area contributed by atoms with Crippen LogP contribution in [0.25, 0.3) is 0 Å². The van der Waals surface area contributed by atoms with Gasteiger partial charge in [0.05, 0.1) is 24.9 Å². The number of ether oxygens (including phenoxy) is 2. The van der Waals surface area contributed by atoms with Crippen LogP contribution in [0.4, 0.5) is 0 Å². The molecule has 1 aliphatic carbocycles. The van der Waals surface area contributed by atoms with E-state index in [1.54, 1.807) is 13.3 Å². The maximum atomic E-state index is 5.73. The highest BCUT2D eigenvalue weighted by molar-refractivity contribution is 5.27. The molecule has 4 heteroatoms. The number of rotatable bonds is 9. The molecule has 2 rings (SSSR count). The lowest BCUT2D eigenvalue weighted by atomic mass is 9.99. The molecule has 1 fully saturated rings. The fourth-order valence-electron chi connectivity index (χ4n) is 2.57. The van der Waals surface area contributed by atoms with Crippen LogP contribution >= 0.6 is 0 Å². The van der Waals surface area contributed by atoms with E-state index in [0.717, 1.165) is 30.9 Å². The Hall–Kier alpha value is -1.13. The average molecular weight is 278 g/mol. The Morgan fingerprint density at radius 1 is 1.35 bits per heavy atom. The first kappa shape index (κ1) is 15.3. The van der Waals surface area contributed by atoms with Gasteiger partial charge < -0.3 is 14.8 Å². The second-order valence-electron chi connectivity index (χ2n) is 5.38. The fourth-order valence-corrected chi connectivity index (χ4v) is 2.57. The molecule has 1 aromatic heterocycles. The van der Waals surface area contributed by atoms with Crippen molar-refractivity contribution in [2.45, 2.75) is 45.3 Å². The first-order chi connectivity index (χ1) is 9.80. The summed E-state index contributed by atoms with van der Waals surface area (Å²) in [7, 11) is 1.80. The molecule has 1 aromatic rings. The van der Waals surface area contributed by atoms with Crippen molar-refractivity contribution in [3.63, 3.8) is 0 Å². The number of aromatic nitrogens is 1. The molecule has 1 aliphatic rings. The van der Waals surface area contributed by atoms with Crippen LogP contribution in [0.3, 0.4) is 0 Å². The molecule has 20 heavy (non-hydrogen) atoms. The van der Waals surface area contributed by atoms with Crippen molar-refractivity contribution >= 4 is 0 Å². The molecule has 112 valence electrons. The van der Waals surface area contributed by atoms with E-state index in [1.165, 1.54) is 12.8 Å². The zero-order valence-electron chi connectivity index (χ0n) is 12.8. The van der Waals surface area contributed by atoms with Gasteiger partial charge >= 0.3 is 0 Å².